The third-order valence-electron chi connectivity index (χ3n) is 2.62. The van der Waals surface area contributed by atoms with Crippen LogP contribution in [0.4, 0.5) is 0 Å². The van der Waals surface area contributed by atoms with Gasteiger partial charge in [0.25, 0.3) is 0 Å². The van der Waals surface area contributed by atoms with Crippen LogP contribution in [0, 0.1) is 0 Å². The summed E-state index contributed by atoms with van der Waals surface area (Å²) in [7, 11) is 1.61. The van der Waals surface area contributed by atoms with E-state index < -0.39 is 0 Å². The van der Waals surface area contributed by atoms with Gasteiger partial charge in [-0.2, -0.15) is 0 Å². The predicted molar refractivity (Wildman–Crippen MR) is 67.8 cm³/mol. The molecular formula is C13H20N2O2. The second kappa shape index (κ2) is 6.91. The molecule has 0 saturated heterocycles. The minimum absolute atomic E-state index is 0.0189. The molecule has 0 spiro atoms. The normalized spacial score (nSPS) is 11.9. The Morgan fingerprint density at radius 1 is 1.41 bits per heavy atom. The molecule has 0 aliphatic heterocycles. The fourth-order valence-corrected chi connectivity index (χ4v) is 1.43. The molecule has 4 heteroatoms. The highest BCUT2D eigenvalue weighted by molar-refractivity contribution is 5.75. The van der Waals surface area contributed by atoms with Crippen LogP contribution in [-0.4, -0.2) is 19.6 Å². The van der Waals surface area contributed by atoms with E-state index in [2.05, 4.69) is 12.2 Å². The minimum Gasteiger partial charge on any atom is -0.493 e. The first-order valence-electron chi connectivity index (χ1n) is 5.86. The van der Waals surface area contributed by atoms with Gasteiger partial charge in [-0.1, -0.05) is 19.1 Å². The van der Waals surface area contributed by atoms with Crippen LogP contribution in [0.3, 0.4) is 0 Å². The van der Waals surface area contributed by atoms with Gasteiger partial charge in [-0.15, -0.1) is 0 Å². The van der Waals surface area contributed by atoms with Crippen molar-refractivity contribution in [3.8, 4) is 5.75 Å². The number of benzene rings is 1. The fraction of sp³-hybridized carbons (Fsp3) is 0.462. The molecule has 4 nitrogen and oxygen atoms in total. The smallest absolute Gasteiger partial charge is 0.223 e. The van der Waals surface area contributed by atoms with Gasteiger partial charge in [0.2, 0.25) is 5.91 Å². The molecule has 1 atom stereocenters. The summed E-state index contributed by atoms with van der Waals surface area (Å²) >= 11 is 0. The Morgan fingerprint density at radius 2 is 2.06 bits per heavy atom. The number of hydrogen-bond donors (Lipinski definition) is 2. The minimum atomic E-state index is -0.0189. The molecule has 1 aromatic carbocycles. The van der Waals surface area contributed by atoms with Crippen LogP contribution in [0.25, 0.3) is 0 Å². The molecule has 0 fully saturated rings. The van der Waals surface area contributed by atoms with E-state index in [-0.39, 0.29) is 11.9 Å². The van der Waals surface area contributed by atoms with Crippen LogP contribution in [0.15, 0.2) is 24.3 Å². The summed E-state index contributed by atoms with van der Waals surface area (Å²) in [4.78, 5) is 11.0. The van der Waals surface area contributed by atoms with Crippen molar-refractivity contribution in [1.82, 2.24) is 5.32 Å². The van der Waals surface area contributed by atoms with Gasteiger partial charge in [-0.3, -0.25) is 4.79 Å². The lowest BCUT2D eigenvalue weighted by Gasteiger charge is -2.10. The van der Waals surface area contributed by atoms with Gasteiger partial charge in [0, 0.05) is 13.1 Å². The third-order valence-corrected chi connectivity index (χ3v) is 2.62. The van der Waals surface area contributed by atoms with Gasteiger partial charge in [0.1, 0.15) is 5.75 Å². The average molecular weight is 236 g/mol. The lowest BCUT2D eigenvalue weighted by atomic mass is 10.1. The number of carbonyl (C=O) groups excluding carboxylic acids is 1. The van der Waals surface area contributed by atoms with E-state index in [0.717, 1.165) is 17.7 Å². The highest BCUT2D eigenvalue weighted by Gasteiger charge is 2.03. The monoisotopic (exact) mass is 236 g/mol. The Morgan fingerprint density at radius 3 is 2.59 bits per heavy atom. The summed E-state index contributed by atoms with van der Waals surface area (Å²) in [6.07, 6.45) is 1.28. The van der Waals surface area contributed by atoms with Crippen LogP contribution < -0.4 is 15.8 Å². The standard InChI is InChI=1S/C13H20N2O2/c1-3-12(14)10-4-6-11(7-5-10)17-9-8-13(16)15-2/h4-7,12H,3,8-9,14H2,1-2H3,(H,15,16). The Labute approximate surface area is 102 Å². The molecule has 0 aliphatic carbocycles. The molecule has 1 unspecified atom stereocenters. The lowest BCUT2D eigenvalue weighted by Crippen LogP contribution is -2.20. The largest absolute Gasteiger partial charge is 0.493 e. The van der Waals surface area contributed by atoms with Crippen molar-refractivity contribution in [3.63, 3.8) is 0 Å². The Hall–Kier alpha value is -1.55. The first-order chi connectivity index (χ1) is 8.17. The molecule has 3 N–H and O–H groups in total. The Kier molecular flexibility index (Phi) is 5.49. The number of rotatable bonds is 6. The maximum Gasteiger partial charge on any atom is 0.223 e. The predicted octanol–water partition coefficient (Wildman–Crippen LogP) is 1.61. The van der Waals surface area contributed by atoms with Crippen molar-refractivity contribution in [3.05, 3.63) is 29.8 Å². The first kappa shape index (κ1) is 13.5. The molecule has 1 amide bonds. The molecule has 0 aromatic heterocycles. The summed E-state index contributed by atoms with van der Waals surface area (Å²) < 4.78 is 5.45. The molecular weight excluding hydrogens is 216 g/mol. The number of nitrogens with one attached hydrogen (secondary N) is 1. The van der Waals surface area contributed by atoms with Crippen molar-refractivity contribution in [2.24, 2.45) is 5.73 Å². The molecule has 0 saturated carbocycles. The zero-order valence-electron chi connectivity index (χ0n) is 10.4. The lowest BCUT2D eigenvalue weighted by molar-refractivity contribution is -0.121. The summed E-state index contributed by atoms with van der Waals surface area (Å²) in [6, 6.07) is 7.77. The number of amides is 1. The Bertz CT molecular complexity index is 349. The van der Waals surface area contributed by atoms with Gasteiger partial charge in [-0.25, -0.2) is 0 Å². The van der Waals surface area contributed by atoms with Crippen molar-refractivity contribution in [2.75, 3.05) is 13.7 Å². The van der Waals surface area contributed by atoms with Crippen molar-refractivity contribution in [1.29, 1.82) is 0 Å². The van der Waals surface area contributed by atoms with E-state index in [9.17, 15) is 4.79 Å². The number of nitrogens with two attached hydrogens (primary N) is 1. The van der Waals surface area contributed by atoms with E-state index in [4.69, 9.17) is 10.5 Å². The average Bonchev–Trinajstić information content (AvgIpc) is 2.38. The highest BCUT2D eigenvalue weighted by atomic mass is 16.5. The molecule has 0 heterocycles. The molecule has 1 aromatic rings. The zero-order valence-corrected chi connectivity index (χ0v) is 10.4. The molecule has 0 bridgehead atoms. The third kappa shape index (κ3) is 4.44. The molecule has 94 valence electrons. The van der Waals surface area contributed by atoms with E-state index in [1.807, 2.05) is 24.3 Å². The molecule has 0 aliphatic rings. The maximum absolute atomic E-state index is 11.0. The fourth-order valence-electron chi connectivity index (χ4n) is 1.43. The van der Waals surface area contributed by atoms with Crippen LogP contribution in [-0.2, 0) is 4.79 Å². The molecule has 17 heavy (non-hydrogen) atoms. The number of carbonyl (C=O) groups is 1. The SMILES string of the molecule is CCC(N)c1ccc(OCCC(=O)NC)cc1. The van der Waals surface area contributed by atoms with Crippen molar-refractivity contribution in [2.45, 2.75) is 25.8 Å². The molecule has 1 rings (SSSR count). The first-order valence-corrected chi connectivity index (χ1v) is 5.86. The van der Waals surface area contributed by atoms with E-state index in [1.165, 1.54) is 0 Å². The van der Waals surface area contributed by atoms with Crippen molar-refractivity contribution < 1.29 is 9.53 Å². The van der Waals surface area contributed by atoms with Crippen LogP contribution in [0.1, 0.15) is 31.4 Å². The topological polar surface area (TPSA) is 64.3 Å². The molecule has 0 radical (unpaired) electrons. The summed E-state index contributed by atoms with van der Waals surface area (Å²) in [5, 5.41) is 2.55. The van der Waals surface area contributed by atoms with E-state index in [0.29, 0.717) is 13.0 Å². The van der Waals surface area contributed by atoms with Crippen LogP contribution in [0.5, 0.6) is 5.75 Å². The number of hydrogen-bond acceptors (Lipinski definition) is 3. The Balaban J connectivity index is 2.43. The summed E-state index contributed by atoms with van der Waals surface area (Å²) in [5.41, 5.74) is 7.01. The van der Waals surface area contributed by atoms with Gasteiger partial charge in [-0.05, 0) is 24.1 Å². The van der Waals surface area contributed by atoms with Gasteiger partial charge < -0.3 is 15.8 Å². The zero-order chi connectivity index (χ0) is 12.7. The second-order valence-electron chi connectivity index (χ2n) is 3.86. The number of ether oxygens (including phenoxy) is 1. The maximum atomic E-state index is 11.0. The van der Waals surface area contributed by atoms with E-state index in [1.54, 1.807) is 7.05 Å². The van der Waals surface area contributed by atoms with E-state index >= 15 is 0 Å². The van der Waals surface area contributed by atoms with Gasteiger partial charge in [0.05, 0.1) is 13.0 Å². The van der Waals surface area contributed by atoms with Crippen LogP contribution >= 0.6 is 0 Å². The van der Waals surface area contributed by atoms with Gasteiger partial charge >= 0.3 is 0 Å². The quantitative estimate of drug-likeness (QED) is 0.788. The summed E-state index contributed by atoms with van der Waals surface area (Å²) in [5.74, 6) is 0.746. The summed E-state index contributed by atoms with van der Waals surface area (Å²) in [6.45, 7) is 2.44. The highest BCUT2D eigenvalue weighted by Crippen LogP contribution is 2.18. The van der Waals surface area contributed by atoms with Crippen molar-refractivity contribution >= 4 is 5.91 Å². The van der Waals surface area contributed by atoms with Crippen LogP contribution in [0.2, 0.25) is 0 Å². The second-order valence-corrected chi connectivity index (χ2v) is 3.86. The van der Waals surface area contributed by atoms with Gasteiger partial charge in [0.15, 0.2) is 0 Å².